The van der Waals surface area contributed by atoms with Crippen molar-refractivity contribution in [3.05, 3.63) is 0 Å². The normalized spacial score (nSPS) is 27.3. The van der Waals surface area contributed by atoms with E-state index in [-0.39, 0.29) is 12.6 Å². The molecule has 1 atom stereocenters. The number of ether oxygens (including phenoxy) is 1. The second-order valence-corrected chi connectivity index (χ2v) is 2.95. The summed E-state index contributed by atoms with van der Waals surface area (Å²) in [7, 11) is 0. The number of rotatable bonds is 3. The average molecular weight is 159 g/mol. The molecular formula is C8H17NO2. The van der Waals surface area contributed by atoms with E-state index >= 15 is 0 Å². The number of aliphatic hydroxyl groups is 1. The zero-order valence-corrected chi connectivity index (χ0v) is 7.12. The maximum Gasteiger partial charge on any atom is 0.0644 e. The Kier molecular flexibility index (Phi) is 3.83. The minimum Gasteiger partial charge on any atom is -0.395 e. The van der Waals surface area contributed by atoms with Gasteiger partial charge in [-0.3, -0.25) is 4.90 Å². The molecule has 0 aromatic rings. The first-order chi connectivity index (χ1) is 5.38. The quantitative estimate of drug-likeness (QED) is 0.633. The Bertz CT molecular complexity index is 106. The van der Waals surface area contributed by atoms with E-state index < -0.39 is 0 Å². The van der Waals surface area contributed by atoms with Gasteiger partial charge in [0.25, 0.3) is 0 Å². The molecule has 66 valence electrons. The van der Waals surface area contributed by atoms with E-state index in [1.54, 1.807) is 0 Å². The Morgan fingerprint density at radius 3 is 3.09 bits per heavy atom. The van der Waals surface area contributed by atoms with Crippen LogP contribution in [0, 0.1) is 0 Å². The van der Waals surface area contributed by atoms with Crippen molar-refractivity contribution in [3.8, 4) is 0 Å². The smallest absolute Gasteiger partial charge is 0.0644 e. The summed E-state index contributed by atoms with van der Waals surface area (Å²) in [5.41, 5.74) is 0. The zero-order valence-electron chi connectivity index (χ0n) is 7.12. The molecular weight excluding hydrogens is 142 g/mol. The number of nitrogens with zero attached hydrogens (tertiary/aromatic N) is 1. The fourth-order valence-electron chi connectivity index (χ4n) is 1.44. The Balaban J connectivity index is 2.31. The van der Waals surface area contributed by atoms with Crippen molar-refractivity contribution in [3.63, 3.8) is 0 Å². The standard InChI is InChI=1S/C8H17NO2/c1-2-3-9-4-5-11-7-8(9)6-10/h8,10H,2-7H2,1H3. The minimum atomic E-state index is 0.222. The second-order valence-electron chi connectivity index (χ2n) is 2.95. The number of aliphatic hydroxyl groups excluding tert-OH is 1. The molecule has 3 nitrogen and oxygen atoms in total. The molecule has 1 rings (SSSR count). The van der Waals surface area contributed by atoms with Crippen LogP contribution in [-0.4, -0.2) is 49.0 Å². The third kappa shape index (κ3) is 2.43. The van der Waals surface area contributed by atoms with Crippen LogP contribution in [0.3, 0.4) is 0 Å². The van der Waals surface area contributed by atoms with Crippen molar-refractivity contribution in [2.75, 3.05) is 32.9 Å². The van der Waals surface area contributed by atoms with Gasteiger partial charge in [0.2, 0.25) is 0 Å². The summed E-state index contributed by atoms with van der Waals surface area (Å²) in [6, 6.07) is 0.240. The topological polar surface area (TPSA) is 32.7 Å². The summed E-state index contributed by atoms with van der Waals surface area (Å²) in [6.45, 7) is 5.94. The van der Waals surface area contributed by atoms with Crippen LogP contribution in [0.15, 0.2) is 0 Å². The van der Waals surface area contributed by atoms with Gasteiger partial charge < -0.3 is 9.84 Å². The van der Waals surface area contributed by atoms with Gasteiger partial charge in [0, 0.05) is 6.54 Å². The lowest BCUT2D eigenvalue weighted by atomic mass is 10.2. The molecule has 0 spiro atoms. The largest absolute Gasteiger partial charge is 0.395 e. The first kappa shape index (κ1) is 8.97. The lowest BCUT2D eigenvalue weighted by Crippen LogP contribution is -2.47. The van der Waals surface area contributed by atoms with Crippen molar-refractivity contribution < 1.29 is 9.84 Å². The molecule has 1 unspecified atom stereocenters. The fourth-order valence-corrected chi connectivity index (χ4v) is 1.44. The van der Waals surface area contributed by atoms with Crippen molar-refractivity contribution >= 4 is 0 Å². The van der Waals surface area contributed by atoms with Crippen LogP contribution >= 0.6 is 0 Å². The molecule has 0 radical (unpaired) electrons. The predicted octanol–water partition coefficient (Wildman–Crippen LogP) is 0.0895. The van der Waals surface area contributed by atoms with Gasteiger partial charge in [0.15, 0.2) is 0 Å². The Morgan fingerprint density at radius 1 is 1.64 bits per heavy atom. The van der Waals surface area contributed by atoms with E-state index in [1.807, 2.05) is 0 Å². The van der Waals surface area contributed by atoms with Gasteiger partial charge in [-0.25, -0.2) is 0 Å². The van der Waals surface area contributed by atoms with Crippen LogP contribution in [0.1, 0.15) is 13.3 Å². The summed E-state index contributed by atoms with van der Waals surface area (Å²) >= 11 is 0. The van der Waals surface area contributed by atoms with Crippen molar-refractivity contribution in [2.24, 2.45) is 0 Å². The lowest BCUT2D eigenvalue weighted by Gasteiger charge is -2.33. The maximum absolute atomic E-state index is 8.97. The van der Waals surface area contributed by atoms with E-state index in [9.17, 15) is 0 Å². The van der Waals surface area contributed by atoms with Gasteiger partial charge in [-0.1, -0.05) is 6.92 Å². The summed E-state index contributed by atoms with van der Waals surface area (Å²) in [5, 5.41) is 8.97. The third-order valence-electron chi connectivity index (χ3n) is 2.07. The molecule has 1 aliphatic rings. The molecule has 1 saturated heterocycles. The molecule has 0 aliphatic carbocycles. The zero-order chi connectivity index (χ0) is 8.10. The molecule has 0 bridgehead atoms. The first-order valence-electron chi connectivity index (χ1n) is 4.31. The van der Waals surface area contributed by atoms with E-state index in [0.29, 0.717) is 6.61 Å². The third-order valence-corrected chi connectivity index (χ3v) is 2.07. The van der Waals surface area contributed by atoms with Gasteiger partial charge in [-0.05, 0) is 13.0 Å². The molecule has 1 fully saturated rings. The molecule has 1 N–H and O–H groups in total. The van der Waals surface area contributed by atoms with Gasteiger partial charge in [0.05, 0.1) is 25.9 Å². The average Bonchev–Trinajstić information content (AvgIpc) is 2.06. The molecule has 0 saturated carbocycles. The Morgan fingerprint density at radius 2 is 2.45 bits per heavy atom. The number of morpholine rings is 1. The van der Waals surface area contributed by atoms with Gasteiger partial charge >= 0.3 is 0 Å². The van der Waals surface area contributed by atoms with Gasteiger partial charge in [-0.2, -0.15) is 0 Å². The fraction of sp³-hybridized carbons (Fsp3) is 1.00. The first-order valence-corrected chi connectivity index (χ1v) is 4.31. The van der Waals surface area contributed by atoms with Crippen molar-refractivity contribution in [2.45, 2.75) is 19.4 Å². The van der Waals surface area contributed by atoms with Crippen molar-refractivity contribution in [1.29, 1.82) is 0 Å². The van der Waals surface area contributed by atoms with Gasteiger partial charge in [-0.15, -0.1) is 0 Å². The molecule has 1 heterocycles. The summed E-state index contributed by atoms with van der Waals surface area (Å²) in [4.78, 5) is 2.30. The van der Waals surface area contributed by atoms with Crippen LogP contribution < -0.4 is 0 Å². The van der Waals surface area contributed by atoms with Crippen LogP contribution in [0.5, 0.6) is 0 Å². The highest BCUT2D eigenvalue weighted by Crippen LogP contribution is 2.06. The van der Waals surface area contributed by atoms with E-state index in [2.05, 4.69) is 11.8 Å². The van der Waals surface area contributed by atoms with E-state index in [4.69, 9.17) is 9.84 Å². The summed E-state index contributed by atoms with van der Waals surface area (Å²) in [6.07, 6.45) is 1.15. The van der Waals surface area contributed by atoms with Crippen LogP contribution in [0.2, 0.25) is 0 Å². The van der Waals surface area contributed by atoms with E-state index in [1.165, 1.54) is 0 Å². The SMILES string of the molecule is CCCN1CCOCC1CO. The molecule has 11 heavy (non-hydrogen) atoms. The second kappa shape index (κ2) is 4.70. The van der Waals surface area contributed by atoms with Crippen molar-refractivity contribution in [1.82, 2.24) is 4.90 Å². The highest BCUT2D eigenvalue weighted by molar-refractivity contribution is 4.73. The predicted molar refractivity (Wildman–Crippen MR) is 43.6 cm³/mol. The number of hydrogen-bond acceptors (Lipinski definition) is 3. The molecule has 1 aliphatic heterocycles. The van der Waals surface area contributed by atoms with E-state index in [0.717, 1.165) is 26.1 Å². The lowest BCUT2D eigenvalue weighted by molar-refractivity contribution is -0.0271. The monoisotopic (exact) mass is 159 g/mol. The maximum atomic E-state index is 8.97. The summed E-state index contributed by atoms with van der Waals surface area (Å²) < 4.78 is 5.25. The van der Waals surface area contributed by atoms with Crippen LogP contribution in [-0.2, 0) is 4.74 Å². The molecule has 0 amide bonds. The van der Waals surface area contributed by atoms with Crippen LogP contribution in [0.25, 0.3) is 0 Å². The van der Waals surface area contributed by atoms with Crippen LogP contribution in [0.4, 0.5) is 0 Å². The molecule has 0 aromatic heterocycles. The number of hydrogen-bond donors (Lipinski definition) is 1. The highest BCUT2D eigenvalue weighted by Gasteiger charge is 2.20. The van der Waals surface area contributed by atoms with Gasteiger partial charge in [0.1, 0.15) is 0 Å². The summed E-state index contributed by atoms with van der Waals surface area (Å²) in [5.74, 6) is 0. The Hall–Kier alpha value is -0.120. The molecule has 0 aromatic carbocycles. The minimum absolute atomic E-state index is 0.222. The highest BCUT2D eigenvalue weighted by atomic mass is 16.5. The molecule has 3 heteroatoms. The Labute approximate surface area is 68.0 Å².